The highest BCUT2D eigenvalue weighted by Gasteiger charge is 2.33. The SMILES string of the molecule is Cc1ccc(NC(=O)C(C)C2CNC2)cc1C(F)(F)F.Cl. The van der Waals surface area contributed by atoms with Crippen LogP contribution in [0.25, 0.3) is 0 Å². The molecule has 0 radical (unpaired) electrons. The van der Waals surface area contributed by atoms with E-state index in [4.69, 9.17) is 0 Å². The van der Waals surface area contributed by atoms with Crippen molar-refractivity contribution in [1.82, 2.24) is 5.32 Å². The third-order valence-corrected chi connectivity index (χ3v) is 3.74. The molecule has 1 aromatic rings. The topological polar surface area (TPSA) is 41.1 Å². The zero-order chi connectivity index (χ0) is 14.9. The summed E-state index contributed by atoms with van der Waals surface area (Å²) in [5.41, 5.74) is -0.382. The molecule has 1 unspecified atom stereocenters. The van der Waals surface area contributed by atoms with Gasteiger partial charge < -0.3 is 10.6 Å². The molecule has 118 valence electrons. The summed E-state index contributed by atoms with van der Waals surface area (Å²) in [6.07, 6.45) is -4.41. The van der Waals surface area contributed by atoms with Gasteiger partial charge >= 0.3 is 6.18 Å². The number of amides is 1. The van der Waals surface area contributed by atoms with E-state index in [1.54, 1.807) is 6.92 Å². The maximum Gasteiger partial charge on any atom is 0.416 e. The Hall–Kier alpha value is -1.27. The van der Waals surface area contributed by atoms with Gasteiger partial charge in [0.1, 0.15) is 0 Å². The Bertz CT molecular complexity index is 515. The maximum absolute atomic E-state index is 12.8. The molecule has 1 aliphatic heterocycles. The second-order valence-electron chi connectivity index (χ2n) is 5.22. The van der Waals surface area contributed by atoms with Crippen molar-refractivity contribution in [2.24, 2.45) is 11.8 Å². The van der Waals surface area contributed by atoms with Gasteiger partial charge in [-0.05, 0) is 43.6 Å². The van der Waals surface area contributed by atoms with Crippen LogP contribution in [-0.2, 0) is 11.0 Å². The molecule has 1 aliphatic rings. The monoisotopic (exact) mass is 322 g/mol. The molecule has 1 aromatic carbocycles. The van der Waals surface area contributed by atoms with Crippen LogP contribution in [-0.4, -0.2) is 19.0 Å². The first-order valence-corrected chi connectivity index (χ1v) is 6.48. The number of hydrogen-bond acceptors (Lipinski definition) is 2. The summed E-state index contributed by atoms with van der Waals surface area (Å²) in [4.78, 5) is 12.0. The Morgan fingerprint density at radius 3 is 2.48 bits per heavy atom. The average molecular weight is 323 g/mol. The standard InChI is InChI=1S/C14H17F3N2O.ClH/c1-8-3-4-11(5-12(8)14(15,16)17)19-13(20)9(2)10-6-18-7-10;/h3-5,9-10,18H,6-7H2,1-2H3,(H,19,20);1H. The average Bonchev–Trinajstić information content (AvgIpc) is 2.27. The van der Waals surface area contributed by atoms with Crippen molar-refractivity contribution in [2.75, 3.05) is 18.4 Å². The van der Waals surface area contributed by atoms with Crippen molar-refractivity contribution >= 4 is 24.0 Å². The van der Waals surface area contributed by atoms with Gasteiger partial charge in [-0.3, -0.25) is 4.79 Å². The van der Waals surface area contributed by atoms with Gasteiger partial charge in [0, 0.05) is 11.6 Å². The lowest BCUT2D eigenvalue weighted by molar-refractivity contribution is -0.138. The molecule has 2 N–H and O–H groups in total. The number of rotatable bonds is 3. The molecule has 0 saturated carbocycles. The minimum atomic E-state index is -4.41. The van der Waals surface area contributed by atoms with E-state index in [1.165, 1.54) is 19.1 Å². The van der Waals surface area contributed by atoms with Crippen LogP contribution < -0.4 is 10.6 Å². The van der Waals surface area contributed by atoms with Gasteiger partial charge in [-0.15, -0.1) is 12.4 Å². The number of benzene rings is 1. The summed E-state index contributed by atoms with van der Waals surface area (Å²) in [6, 6.07) is 3.85. The molecule has 0 spiro atoms. The highest BCUT2D eigenvalue weighted by Crippen LogP contribution is 2.33. The van der Waals surface area contributed by atoms with Gasteiger partial charge in [-0.1, -0.05) is 13.0 Å². The molecule has 1 atom stereocenters. The van der Waals surface area contributed by atoms with Crippen molar-refractivity contribution in [3.05, 3.63) is 29.3 Å². The number of carbonyl (C=O) groups is 1. The van der Waals surface area contributed by atoms with E-state index in [0.717, 1.165) is 19.2 Å². The smallest absolute Gasteiger partial charge is 0.326 e. The maximum atomic E-state index is 12.8. The number of alkyl halides is 3. The van der Waals surface area contributed by atoms with Crippen LogP contribution in [0.1, 0.15) is 18.1 Å². The van der Waals surface area contributed by atoms with E-state index in [9.17, 15) is 18.0 Å². The van der Waals surface area contributed by atoms with Crippen LogP contribution in [0, 0.1) is 18.8 Å². The summed E-state index contributed by atoms with van der Waals surface area (Å²) in [5, 5.41) is 5.63. The first-order valence-electron chi connectivity index (χ1n) is 6.48. The Balaban J connectivity index is 0.00000220. The Morgan fingerprint density at radius 2 is 2.00 bits per heavy atom. The molecule has 7 heteroatoms. The second kappa shape index (κ2) is 6.66. The van der Waals surface area contributed by atoms with Gasteiger partial charge in [-0.25, -0.2) is 0 Å². The van der Waals surface area contributed by atoms with Gasteiger partial charge in [0.25, 0.3) is 0 Å². The summed E-state index contributed by atoms with van der Waals surface area (Å²) < 4.78 is 38.4. The van der Waals surface area contributed by atoms with E-state index < -0.39 is 11.7 Å². The van der Waals surface area contributed by atoms with Gasteiger partial charge in [0.05, 0.1) is 5.56 Å². The first-order chi connectivity index (χ1) is 9.29. The zero-order valence-corrected chi connectivity index (χ0v) is 12.6. The van der Waals surface area contributed by atoms with Gasteiger partial charge in [0.15, 0.2) is 0 Å². The number of nitrogens with one attached hydrogen (secondary N) is 2. The highest BCUT2D eigenvalue weighted by atomic mass is 35.5. The van der Waals surface area contributed by atoms with Crippen molar-refractivity contribution in [3.63, 3.8) is 0 Å². The fraction of sp³-hybridized carbons (Fsp3) is 0.500. The van der Waals surface area contributed by atoms with Gasteiger partial charge in [-0.2, -0.15) is 13.2 Å². The number of aryl methyl sites for hydroxylation is 1. The van der Waals surface area contributed by atoms with Crippen LogP contribution in [0.15, 0.2) is 18.2 Å². The van der Waals surface area contributed by atoms with Crippen LogP contribution in [0.3, 0.4) is 0 Å². The molecule has 3 nitrogen and oxygen atoms in total. The highest BCUT2D eigenvalue weighted by molar-refractivity contribution is 5.92. The third kappa shape index (κ3) is 4.11. The molecule has 1 heterocycles. The Morgan fingerprint density at radius 1 is 1.38 bits per heavy atom. The second-order valence-corrected chi connectivity index (χ2v) is 5.22. The molecule has 21 heavy (non-hydrogen) atoms. The predicted molar refractivity (Wildman–Crippen MR) is 77.6 cm³/mol. The van der Waals surface area contributed by atoms with Crippen LogP contribution in [0.5, 0.6) is 0 Å². The molecule has 1 fully saturated rings. The Labute approximate surface area is 127 Å². The Kier molecular flexibility index (Phi) is 5.64. The van der Waals surface area contributed by atoms with Crippen molar-refractivity contribution in [3.8, 4) is 0 Å². The summed E-state index contributed by atoms with van der Waals surface area (Å²) in [7, 11) is 0. The molecule has 0 aliphatic carbocycles. The number of halogens is 4. The number of hydrogen-bond donors (Lipinski definition) is 2. The molecule has 0 aromatic heterocycles. The largest absolute Gasteiger partial charge is 0.416 e. The summed E-state index contributed by atoms with van der Waals surface area (Å²) >= 11 is 0. The van der Waals surface area contributed by atoms with Crippen molar-refractivity contribution in [1.29, 1.82) is 0 Å². The first kappa shape index (κ1) is 17.8. The number of anilines is 1. The molecule has 1 saturated heterocycles. The lowest BCUT2D eigenvalue weighted by atomic mass is 9.88. The third-order valence-electron chi connectivity index (χ3n) is 3.74. The molecular weight excluding hydrogens is 305 g/mol. The van der Waals surface area contributed by atoms with E-state index in [1.807, 2.05) is 0 Å². The zero-order valence-electron chi connectivity index (χ0n) is 11.8. The summed E-state index contributed by atoms with van der Waals surface area (Å²) in [5.74, 6) is -0.206. The minimum Gasteiger partial charge on any atom is -0.326 e. The predicted octanol–water partition coefficient (Wildman–Crippen LogP) is 3.23. The van der Waals surface area contributed by atoms with Crippen molar-refractivity contribution < 1.29 is 18.0 Å². The van der Waals surface area contributed by atoms with E-state index in [0.29, 0.717) is 0 Å². The quantitative estimate of drug-likeness (QED) is 0.897. The fourth-order valence-corrected chi connectivity index (χ4v) is 2.14. The summed E-state index contributed by atoms with van der Waals surface area (Å²) in [6.45, 7) is 4.74. The van der Waals surface area contributed by atoms with Crippen LogP contribution >= 0.6 is 12.4 Å². The molecule has 2 rings (SSSR count). The molecule has 0 bridgehead atoms. The lowest BCUT2D eigenvalue weighted by Gasteiger charge is -2.31. The van der Waals surface area contributed by atoms with E-state index in [2.05, 4.69) is 10.6 Å². The van der Waals surface area contributed by atoms with Gasteiger partial charge in [0.2, 0.25) is 5.91 Å². The minimum absolute atomic E-state index is 0. The normalized spacial score (nSPS) is 16.6. The lowest BCUT2D eigenvalue weighted by Crippen LogP contribution is -2.48. The van der Waals surface area contributed by atoms with Crippen LogP contribution in [0.2, 0.25) is 0 Å². The number of carbonyl (C=O) groups excluding carboxylic acids is 1. The van der Waals surface area contributed by atoms with Crippen molar-refractivity contribution in [2.45, 2.75) is 20.0 Å². The van der Waals surface area contributed by atoms with E-state index >= 15 is 0 Å². The molecule has 1 amide bonds. The molecular formula is C14H18ClF3N2O. The fourth-order valence-electron chi connectivity index (χ4n) is 2.14. The van der Waals surface area contributed by atoms with Crippen LogP contribution in [0.4, 0.5) is 18.9 Å². The van der Waals surface area contributed by atoms with E-state index in [-0.39, 0.29) is 41.4 Å².